The highest BCUT2D eigenvalue weighted by Gasteiger charge is 2.11. The van der Waals surface area contributed by atoms with Gasteiger partial charge < -0.3 is 10.1 Å². The second-order valence-electron chi connectivity index (χ2n) is 4.83. The van der Waals surface area contributed by atoms with Crippen LogP contribution in [0.5, 0.6) is 0 Å². The Labute approximate surface area is 156 Å². The van der Waals surface area contributed by atoms with Gasteiger partial charge in [-0.1, -0.05) is 29.4 Å². The van der Waals surface area contributed by atoms with Crippen molar-refractivity contribution in [2.45, 2.75) is 5.03 Å². The van der Waals surface area contributed by atoms with Crippen molar-refractivity contribution in [3.8, 4) is 0 Å². The number of hydrogen-bond donors (Lipinski definition) is 1. The molecule has 6 nitrogen and oxygen atoms in total. The highest BCUT2D eigenvalue weighted by Crippen LogP contribution is 2.27. The lowest BCUT2D eigenvalue weighted by molar-refractivity contribution is -0.144. The van der Waals surface area contributed by atoms with Crippen LogP contribution in [-0.4, -0.2) is 34.2 Å². The van der Waals surface area contributed by atoms with Crippen LogP contribution in [0.1, 0.15) is 0 Å². The number of anilines is 1. The summed E-state index contributed by atoms with van der Waals surface area (Å²) in [6.45, 7) is -0.358. The molecule has 128 valence electrons. The summed E-state index contributed by atoms with van der Waals surface area (Å²) in [5, 5.41) is 6.66. The van der Waals surface area contributed by atoms with Crippen LogP contribution < -0.4 is 5.32 Å². The number of halogens is 1. The molecule has 0 fully saturated rings. The van der Waals surface area contributed by atoms with Crippen LogP contribution in [0.3, 0.4) is 0 Å². The maximum Gasteiger partial charge on any atom is 0.316 e. The lowest BCUT2D eigenvalue weighted by atomic mass is 10.3. The van der Waals surface area contributed by atoms with Crippen LogP contribution >= 0.6 is 34.7 Å². The summed E-state index contributed by atoms with van der Waals surface area (Å²) in [6.07, 6.45) is 1.46. The molecule has 0 spiro atoms. The molecule has 1 amide bonds. The number of aromatic nitrogens is 2. The van der Waals surface area contributed by atoms with Crippen molar-refractivity contribution < 1.29 is 14.3 Å². The standard InChI is InChI=1S/C16H12ClN3O3S2/c17-10-2-1-3-11(6-10)20-13(21)7-23-14(22)8-25-16-12-4-5-24-15(12)18-9-19-16/h1-6,9H,7-8H2,(H,20,21). The lowest BCUT2D eigenvalue weighted by Gasteiger charge is -2.07. The topological polar surface area (TPSA) is 81.2 Å². The van der Waals surface area contributed by atoms with Gasteiger partial charge in [0.25, 0.3) is 5.91 Å². The Hall–Kier alpha value is -2.16. The van der Waals surface area contributed by atoms with E-state index in [4.69, 9.17) is 16.3 Å². The molecule has 0 bridgehead atoms. The molecule has 0 aliphatic carbocycles. The zero-order chi connectivity index (χ0) is 17.6. The molecule has 9 heteroatoms. The van der Waals surface area contributed by atoms with Crippen LogP contribution in [0, 0.1) is 0 Å². The predicted octanol–water partition coefficient (Wildman–Crippen LogP) is 3.62. The Morgan fingerprint density at radius 2 is 2.16 bits per heavy atom. The first-order chi connectivity index (χ1) is 12.1. The van der Waals surface area contributed by atoms with Gasteiger partial charge in [-0.2, -0.15) is 0 Å². The second kappa shape index (κ2) is 8.28. The summed E-state index contributed by atoms with van der Waals surface area (Å²) in [7, 11) is 0. The Morgan fingerprint density at radius 3 is 3.00 bits per heavy atom. The quantitative estimate of drug-likeness (QED) is 0.391. The number of amides is 1. The summed E-state index contributed by atoms with van der Waals surface area (Å²) in [6, 6.07) is 8.63. The minimum Gasteiger partial charge on any atom is -0.455 e. The average molecular weight is 394 g/mol. The monoisotopic (exact) mass is 393 g/mol. The number of fused-ring (bicyclic) bond motifs is 1. The minimum absolute atomic E-state index is 0.0619. The summed E-state index contributed by atoms with van der Waals surface area (Å²) in [5.41, 5.74) is 0.545. The van der Waals surface area contributed by atoms with Gasteiger partial charge in [-0.05, 0) is 29.6 Å². The third-order valence-electron chi connectivity index (χ3n) is 3.02. The normalized spacial score (nSPS) is 10.6. The predicted molar refractivity (Wildman–Crippen MR) is 99.2 cm³/mol. The molecule has 25 heavy (non-hydrogen) atoms. The molecule has 0 saturated heterocycles. The molecule has 2 heterocycles. The summed E-state index contributed by atoms with van der Waals surface area (Å²) >= 11 is 8.60. The van der Waals surface area contributed by atoms with Crippen molar-refractivity contribution in [2.24, 2.45) is 0 Å². The fourth-order valence-corrected chi connectivity index (χ4v) is 3.73. The fourth-order valence-electron chi connectivity index (χ4n) is 1.96. The van der Waals surface area contributed by atoms with Gasteiger partial charge in [0, 0.05) is 16.1 Å². The van der Waals surface area contributed by atoms with Gasteiger partial charge in [0.1, 0.15) is 16.2 Å². The zero-order valence-electron chi connectivity index (χ0n) is 12.8. The molecular formula is C16H12ClN3O3S2. The van der Waals surface area contributed by atoms with Crippen molar-refractivity contribution in [3.63, 3.8) is 0 Å². The SMILES string of the molecule is O=C(COC(=O)CSc1ncnc2sccc12)Nc1cccc(Cl)c1. The maximum atomic E-state index is 11.8. The number of thiophene rings is 1. The number of esters is 1. The summed E-state index contributed by atoms with van der Waals surface area (Å²) in [5.74, 6) is -0.858. The highest BCUT2D eigenvalue weighted by molar-refractivity contribution is 8.00. The van der Waals surface area contributed by atoms with Gasteiger partial charge in [-0.25, -0.2) is 9.97 Å². The van der Waals surface area contributed by atoms with Gasteiger partial charge in [-0.3, -0.25) is 9.59 Å². The molecule has 0 aliphatic heterocycles. The molecular weight excluding hydrogens is 382 g/mol. The van der Waals surface area contributed by atoms with Crippen LogP contribution in [0.2, 0.25) is 5.02 Å². The molecule has 0 aliphatic rings. The first-order valence-corrected chi connectivity index (χ1v) is 9.38. The zero-order valence-corrected chi connectivity index (χ0v) is 15.2. The van der Waals surface area contributed by atoms with E-state index in [1.165, 1.54) is 29.4 Å². The molecule has 0 atom stereocenters. The highest BCUT2D eigenvalue weighted by atomic mass is 35.5. The Bertz CT molecular complexity index is 916. The van der Waals surface area contributed by atoms with E-state index in [0.717, 1.165) is 10.2 Å². The van der Waals surface area contributed by atoms with Crippen LogP contribution in [0.15, 0.2) is 47.1 Å². The van der Waals surface area contributed by atoms with Crippen molar-refractivity contribution in [1.82, 2.24) is 9.97 Å². The first-order valence-electron chi connectivity index (χ1n) is 7.14. The molecule has 2 aromatic heterocycles. The van der Waals surface area contributed by atoms with Crippen molar-refractivity contribution in [1.29, 1.82) is 0 Å². The fraction of sp³-hybridized carbons (Fsp3) is 0.125. The molecule has 0 saturated carbocycles. The van der Waals surface area contributed by atoms with Gasteiger partial charge in [0.05, 0.1) is 5.75 Å². The Balaban J connectivity index is 1.46. The second-order valence-corrected chi connectivity index (χ2v) is 7.12. The molecule has 0 radical (unpaired) electrons. The first kappa shape index (κ1) is 17.7. The maximum absolute atomic E-state index is 11.8. The summed E-state index contributed by atoms with van der Waals surface area (Å²) in [4.78, 5) is 32.8. The van der Waals surface area contributed by atoms with Crippen LogP contribution in [0.4, 0.5) is 5.69 Å². The number of thioether (sulfide) groups is 1. The van der Waals surface area contributed by atoms with Crippen molar-refractivity contribution in [3.05, 3.63) is 47.1 Å². The number of ether oxygens (including phenoxy) is 1. The number of hydrogen-bond acceptors (Lipinski definition) is 7. The van der Waals surface area contributed by atoms with E-state index in [1.807, 2.05) is 11.4 Å². The smallest absolute Gasteiger partial charge is 0.316 e. The van der Waals surface area contributed by atoms with E-state index in [2.05, 4.69) is 15.3 Å². The molecule has 1 N–H and O–H groups in total. The van der Waals surface area contributed by atoms with Crippen molar-refractivity contribution in [2.75, 3.05) is 17.7 Å². The number of carbonyl (C=O) groups is 2. The van der Waals surface area contributed by atoms with E-state index >= 15 is 0 Å². The van der Waals surface area contributed by atoms with Crippen LogP contribution in [0.25, 0.3) is 10.2 Å². The third-order valence-corrected chi connectivity index (χ3v) is 5.06. The van der Waals surface area contributed by atoms with E-state index in [1.54, 1.807) is 24.3 Å². The van der Waals surface area contributed by atoms with Gasteiger partial charge >= 0.3 is 5.97 Å². The largest absolute Gasteiger partial charge is 0.455 e. The summed E-state index contributed by atoms with van der Waals surface area (Å²) < 4.78 is 4.98. The average Bonchev–Trinajstić information content (AvgIpc) is 3.07. The lowest BCUT2D eigenvalue weighted by Crippen LogP contribution is -2.21. The Morgan fingerprint density at radius 1 is 1.28 bits per heavy atom. The number of rotatable bonds is 6. The van der Waals surface area contributed by atoms with Crippen molar-refractivity contribution >= 4 is 62.5 Å². The Kier molecular flexibility index (Phi) is 5.85. The number of nitrogens with zero attached hydrogens (tertiary/aromatic N) is 2. The molecule has 1 aromatic carbocycles. The van der Waals surface area contributed by atoms with E-state index in [0.29, 0.717) is 15.7 Å². The molecule has 3 rings (SSSR count). The minimum atomic E-state index is -0.492. The van der Waals surface area contributed by atoms with E-state index < -0.39 is 11.9 Å². The van der Waals surface area contributed by atoms with E-state index in [-0.39, 0.29) is 12.4 Å². The molecule has 3 aromatic rings. The number of benzene rings is 1. The number of carbonyl (C=O) groups excluding carboxylic acids is 2. The third kappa shape index (κ3) is 4.91. The van der Waals surface area contributed by atoms with Gasteiger partial charge in [0.15, 0.2) is 6.61 Å². The van der Waals surface area contributed by atoms with Gasteiger partial charge in [-0.15, -0.1) is 11.3 Å². The van der Waals surface area contributed by atoms with Gasteiger partial charge in [0.2, 0.25) is 0 Å². The molecule has 0 unspecified atom stereocenters. The van der Waals surface area contributed by atoms with E-state index in [9.17, 15) is 9.59 Å². The van der Waals surface area contributed by atoms with Crippen LogP contribution in [-0.2, 0) is 14.3 Å². The number of nitrogens with one attached hydrogen (secondary N) is 1.